The van der Waals surface area contributed by atoms with Crippen LogP contribution in [0, 0.1) is 11.3 Å². The lowest BCUT2D eigenvalue weighted by Gasteiger charge is -2.38. The Morgan fingerprint density at radius 2 is 2.06 bits per heavy atom. The van der Waals surface area contributed by atoms with Gasteiger partial charge in [-0.2, -0.15) is 0 Å². The molecule has 0 radical (unpaired) electrons. The minimum Gasteiger partial charge on any atom is -0.381 e. The molecule has 2 unspecified atom stereocenters. The largest absolute Gasteiger partial charge is 0.381 e. The fraction of sp³-hybridized carbons (Fsp3) is 1.00. The quantitative estimate of drug-likeness (QED) is 0.708. The zero-order chi connectivity index (χ0) is 12.8. The van der Waals surface area contributed by atoms with E-state index in [1.165, 1.54) is 32.1 Å². The Morgan fingerprint density at radius 3 is 2.72 bits per heavy atom. The molecule has 1 heterocycles. The molecule has 2 rings (SSSR count). The lowest BCUT2D eigenvalue weighted by atomic mass is 9.82. The van der Waals surface area contributed by atoms with Crippen molar-refractivity contribution >= 4 is 15.9 Å². The van der Waals surface area contributed by atoms with Gasteiger partial charge in [-0.05, 0) is 31.6 Å². The van der Waals surface area contributed by atoms with Crippen molar-refractivity contribution in [3.8, 4) is 0 Å². The highest BCUT2D eigenvalue weighted by molar-refractivity contribution is 9.09. The molecule has 0 spiro atoms. The third-order valence-electron chi connectivity index (χ3n) is 4.77. The second-order valence-electron chi connectivity index (χ2n) is 6.12. The first-order chi connectivity index (χ1) is 8.78. The Labute approximate surface area is 120 Å². The summed E-state index contributed by atoms with van der Waals surface area (Å²) >= 11 is 3.68. The maximum Gasteiger partial charge on any atom is 0.0578 e. The van der Waals surface area contributed by atoms with Crippen molar-refractivity contribution in [3.63, 3.8) is 0 Å². The molecule has 1 saturated carbocycles. The van der Waals surface area contributed by atoms with Crippen LogP contribution in [0.25, 0.3) is 0 Å². The molecule has 2 atom stereocenters. The fourth-order valence-electron chi connectivity index (χ4n) is 3.18. The van der Waals surface area contributed by atoms with Crippen LogP contribution in [0.4, 0.5) is 0 Å². The van der Waals surface area contributed by atoms with Crippen molar-refractivity contribution in [2.24, 2.45) is 11.3 Å². The zero-order valence-electron chi connectivity index (χ0n) is 11.6. The fourth-order valence-corrected chi connectivity index (χ4v) is 3.90. The normalized spacial score (nSPS) is 32.3. The number of halogens is 1. The Balaban J connectivity index is 1.78. The van der Waals surface area contributed by atoms with E-state index in [-0.39, 0.29) is 0 Å². The van der Waals surface area contributed by atoms with Gasteiger partial charge in [0.05, 0.1) is 12.7 Å². The summed E-state index contributed by atoms with van der Waals surface area (Å²) in [6.07, 6.45) is 9.43. The summed E-state index contributed by atoms with van der Waals surface area (Å²) in [5.41, 5.74) is 0.331. The van der Waals surface area contributed by atoms with Gasteiger partial charge in [-0.1, -0.05) is 42.1 Å². The third-order valence-corrected chi connectivity index (χ3v) is 5.96. The van der Waals surface area contributed by atoms with Gasteiger partial charge in [-0.3, -0.25) is 0 Å². The Hall–Kier alpha value is 0.400. The van der Waals surface area contributed by atoms with Crippen LogP contribution < -0.4 is 0 Å². The topological polar surface area (TPSA) is 18.5 Å². The molecule has 106 valence electrons. The SMILES string of the molecule is CCC1CCCC(OCC2(CBr)CCOCC2)C1. The molecule has 2 nitrogen and oxygen atoms in total. The lowest BCUT2D eigenvalue weighted by molar-refractivity contribution is -0.0658. The van der Waals surface area contributed by atoms with Crippen molar-refractivity contribution < 1.29 is 9.47 Å². The van der Waals surface area contributed by atoms with E-state index in [4.69, 9.17) is 9.47 Å². The molecule has 1 aliphatic carbocycles. The summed E-state index contributed by atoms with van der Waals surface area (Å²) in [5, 5.41) is 1.05. The van der Waals surface area contributed by atoms with Crippen LogP contribution in [0.3, 0.4) is 0 Å². The molecule has 3 heteroatoms. The van der Waals surface area contributed by atoms with Crippen molar-refractivity contribution in [2.45, 2.75) is 58.0 Å². The van der Waals surface area contributed by atoms with Gasteiger partial charge in [-0.25, -0.2) is 0 Å². The summed E-state index contributed by atoms with van der Waals surface area (Å²) in [5.74, 6) is 0.901. The summed E-state index contributed by atoms with van der Waals surface area (Å²) < 4.78 is 11.7. The van der Waals surface area contributed by atoms with Gasteiger partial charge >= 0.3 is 0 Å². The van der Waals surface area contributed by atoms with E-state index < -0.39 is 0 Å². The van der Waals surface area contributed by atoms with E-state index in [1.54, 1.807) is 0 Å². The van der Waals surface area contributed by atoms with Gasteiger partial charge in [-0.15, -0.1) is 0 Å². The van der Waals surface area contributed by atoms with Gasteiger partial charge in [0.2, 0.25) is 0 Å². The molecule has 1 saturated heterocycles. The van der Waals surface area contributed by atoms with Crippen LogP contribution in [-0.2, 0) is 9.47 Å². The molecular formula is C15H27BrO2. The van der Waals surface area contributed by atoms with Crippen LogP contribution in [0.1, 0.15) is 51.9 Å². The van der Waals surface area contributed by atoms with Crippen molar-refractivity contribution in [3.05, 3.63) is 0 Å². The number of ether oxygens (including phenoxy) is 2. The molecule has 1 aliphatic heterocycles. The number of hydrogen-bond acceptors (Lipinski definition) is 2. The number of rotatable bonds is 5. The van der Waals surface area contributed by atoms with E-state index in [0.717, 1.165) is 43.9 Å². The van der Waals surface area contributed by atoms with Gasteiger partial charge in [0, 0.05) is 24.0 Å². The standard InChI is InChI=1S/C15H27BrO2/c1-2-13-4-3-5-14(10-13)18-12-15(11-16)6-8-17-9-7-15/h13-14H,2-12H2,1H3. The summed E-state index contributed by atoms with van der Waals surface area (Å²) in [6, 6.07) is 0. The smallest absolute Gasteiger partial charge is 0.0578 e. The minimum absolute atomic E-state index is 0.331. The van der Waals surface area contributed by atoms with Gasteiger partial charge < -0.3 is 9.47 Å². The first kappa shape index (κ1) is 14.8. The van der Waals surface area contributed by atoms with Crippen molar-refractivity contribution in [1.29, 1.82) is 0 Å². The molecule has 2 aliphatic rings. The van der Waals surface area contributed by atoms with Crippen LogP contribution in [-0.4, -0.2) is 31.3 Å². The van der Waals surface area contributed by atoms with Crippen LogP contribution in [0.5, 0.6) is 0 Å². The second-order valence-corrected chi connectivity index (χ2v) is 6.68. The average molecular weight is 319 g/mol. The summed E-state index contributed by atoms with van der Waals surface area (Å²) in [6.45, 7) is 5.03. The monoisotopic (exact) mass is 318 g/mol. The first-order valence-corrected chi connectivity index (χ1v) is 8.65. The zero-order valence-corrected chi connectivity index (χ0v) is 13.2. The van der Waals surface area contributed by atoms with E-state index in [2.05, 4.69) is 22.9 Å². The van der Waals surface area contributed by atoms with Crippen LogP contribution in [0.15, 0.2) is 0 Å². The Morgan fingerprint density at radius 1 is 1.28 bits per heavy atom. The molecule has 0 aromatic carbocycles. The first-order valence-electron chi connectivity index (χ1n) is 7.53. The molecule has 2 fully saturated rings. The van der Waals surface area contributed by atoms with Gasteiger partial charge in [0.25, 0.3) is 0 Å². The number of hydrogen-bond donors (Lipinski definition) is 0. The van der Waals surface area contributed by atoms with E-state index >= 15 is 0 Å². The Bertz CT molecular complexity index is 239. The minimum atomic E-state index is 0.331. The predicted molar refractivity (Wildman–Crippen MR) is 78.3 cm³/mol. The maximum atomic E-state index is 6.26. The molecule has 18 heavy (non-hydrogen) atoms. The third kappa shape index (κ3) is 3.94. The second kappa shape index (κ2) is 7.25. The lowest BCUT2D eigenvalue weighted by Crippen LogP contribution is -2.37. The molecule has 0 N–H and O–H groups in total. The van der Waals surface area contributed by atoms with E-state index in [1.807, 2.05) is 0 Å². The van der Waals surface area contributed by atoms with Crippen LogP contribution >= 0.6 is 15.9 Å². The summed E-state index contributed by atoms with van der Waals surface area (Å²) in [7, 11) is 0. The Kier molecular flexibility index (Phi) is 5.96. The highest BCUT2D eigenvalue weighted by atomic mass is 79.9. The van der Waals surface area contributed by atoms with Crippen molar-refractivity contribution in [1.82, 2.24) is 0 Å². The van der Waals surface area contributed by atoms with Crippen LogP contribution in [0.2, 0.25) is 0 Å². The van der Waals surface area contributed by atoms with E-state index in [0.29, 0.717) is 11.5 Å². The average Bonchev–Trinajstić information content (AvgIpc) is 2.46. The molecule has 0 amide bonds. The predicted octanol–water partition coefficient (Wildman–Crippen LogP) is 4.16. The molecule has 0 aromatic heterocycles. The van der Waals surface area contributed by atoms with Gasteiger partial charge in [0.1, 0.15) is 0 Å². The number of alkyl halides is 1. The van der Waals surface area contributed by atoms with E-state index in [9.17, 15) is 0 Å². The highest BCUT2D eigenvalue weighted by Crippen LogP contribution is 2.35. The highest BCUT2D eigenvalue weighted by Gasteiger charge is 2.33. The molecular weight excluding hydrogens is 292 g/mol. The molecule has 0 aromatic rings. The summed E-state index contributed by atoms with van der Waals surface area (Å²) in [4.78, 5) is 0. The maximum absolute atomic E-state index is 6.26. The van der Waals surface area contributed by atoms with Crippen molar-refractivity contribution in [2.75, 3.05) is 25.2 Å². The van der Waals surface area contributed by atoms with Gasteiger partial charge in [0.15, 0.2) is 0 Å². The molecule has 0 bridgehead atoms.